The van der Waals surface area contributed by atoms with Crippen LogP contribution in [0.25, 0.3) is 0 Å². The summed E-state index contributed by atoms with van der Waals surface area (Å²) < 4.78 is 39.5. The SMILES string of the molecule is C#CC1(c2ccc(OC(F)(F)F)cc2)CC1. The molecule has 0 heterocycles. The third-order valence-corrected chi connectivity index (χ3v) is 2.67. The van der Waals surface area contributed by atoms with E-state index in [0.717, 1.165) is 18.4 Å². The normalized spacial score (nSPS) is 17.6. The molecule has 0 amide bonds. The van der Waals surface area contributed by atoms with E-state index in [1.807, 2.05) is 0 Å². The molecule has 1 nitrogen and oxygen atoms in total. The first-order valence-electron chi connectivity index (χ1n) is 4.79. The first-order valence-corrected chi connectivity index (χ1v) is 4.79. The van der Waals surface area contributed by atoms with Crippen molar-refractivity contribution in [2.24, 2.45) is 0 Å². The van der Waals surface area contributed by atoms with E-state index < -0.39 is 6.36 Å². The van der Waals surface area contributed by atoms with Crippen LogP contribution in [0, 0.1) is 12.3 Å². The van der Waals surface area contributed by atoms with E-state index in [9.17, 15) is 13.2 Å². The van der Waals surface area contributed by atoms with E-state index in [1.165, 1.54) is 12.1 Å². The number of halogens is 3. The van der Waals surface area contributed by atoms with Gasteiger partial charge in [-0.15, -0.1) is 19.6 Å². The van der Waals surface area contributed by atoms with Crippen LogP contribution in [0.2, 0.25) is 0 Å². The van der Waals surface area contributed by atoms with Gasteiger partial charge in [0.2, 0.25) is 0 Å². The molecule has 0 atom stereocenters. The molecular weight excluding hydrogens is 217 g/mol. The summed E-state index contributed by atoms with van der Waals surface area (Å²) in [4.78, 5) is 0. The second kappa shape index (κ2) is 3.44. The van der Waals surface area contributed by atoms with Crippen LogP contribution in [-0.2, 0) is 5.41 Å². The number of terminal acetylenes is 1. The lowest BCUT2D eigenvalue weighted by atomic mass is 9.97. The zero-order chi connectivity index (χ0) is 11.8. The smallest absolute Gasteiger partial charge is 0.406 e. The summed E-state index contributed by atoms with van der Waals surface area (Å²) in [6, 6.07) is 5.77. The topological polar surface area (TPSA) is 9.23 Å². The predicted octanol–water partition coefficient (Wildman–Crippen LogP) is 3.25. The van der Waals surface area contributed by atoms with E-state index in [-0.39, 0.29) is 11.2 Å². The quantitative estimate of drug-likeness (QED) is 0.703. The summed E-state index contributed by atoms with van der Waals surface area (Å²) in [7, 11) is 0. The molecular formula is C12H9F3O. The van der Waals surface area contributed by atoms with Crippen molar-refractivity contribution < 1.29 is 17.9 Å². The van der Waals surface area contributed by atoms with Gasteiger partial charge in [-0.25, -0.2) is 0 Å². The Kier molecular flexibility index (Phi) is 2.34. The Morgan fingerprint density at radius 1 is 1.19 bits per heavy atom. The molecule has 1 aromatic carbocycles. The molecule has 0 unspecified atom stereocenters. The highest BCUT2D eigenvalue weighted by Gasteiger charge is 2.42. The second-order valence-corrected chi connectivity index (χ2v) is 3.80. The van der Waals surface area contributed by atoms with Crippen LogP contribution >= 0.6 is 0 Å². The molecule has 2 rings (SSSR count). The van der Waals surface area contributed by atoms with Crippen molar-refractivity contribution in [3.8, 4) is 18.1 Å². The molecule has 1 aliphatic carbocycles. The predicted molar refractivity (Wildman–Crippen MR) is 52.9 cm³/mol. The molecule has 0 radical (unpaired) electrons. The minimum Gasteiger partial charge on any atom is -0.406 e. The molecule has 0 N–H and O–H groups in total. The Morgan fingerprint density at radius 3 is 2.12 bits per heavy atom. The van der Waals surface area contributed by atoms with Crippen LogP contribution in [-0.4, -0.2) is 6.36 Å². The fourth-order valence-corrected chi connectivity index (χ4v) is 1.62. The van der Waals surface area contributed by atoms with Crippen LogP contribution in [0.1, 0.15) is 18.4 Å². The molecule has 84 valence electrons. The molecule has 1 aliphatic rings. The van der Waals surface area contributed by atoms with Crippen molar-refractivity contribution in [2.45, 2.75) is 24.6 Å². The highest BCUT2D eigenvalue weighted by atomic mass is 19.4. The number of rotatable bonds is 2. The highest BCUT2D eigenvalue weighted by molar-refractivity contribution is 5.42. The minimum atomic E-state index is -4.65. The molecule has 0 aromatic heterocycles. The lowest BCUT2D eigenvalue weighted by Crippen LogP contribution is -2.17. The zero-order valence-electron chi connectivity index (χ0n) is 8.34. The molecule has 16 heavy (non-hydrogen) atoms. The fourth-order valence-electron chi connectivity index (χ4n) is 1.62. The third-order valence-electron chi connectivity index (χ3n) is 2.67. The Balaban J connectivity index is 2.15. The number of alkyl halides is 3. The third kappa shape index (κ3) is 2.13. The largest absolute Gasteiger partial charge is 0.573 e. The van der Waals surface area contributed by atoms with E-state index in [2.05, 4.69) is 10.7 Å². The highest BCUT2D eigenvalue weighted by Crippen LogP contribution is 2.47. The minimum absolute atomic E-state index is 0.218. The fraction of sp³-hybridized carbons (Fsp3) is 0.333. The molecule has 1 aromatic rings. The number of ether oxygens (including phenoxy) is 1. The van der Waals surface area contributed by atoms with Gasteiger partial charge in [0.15, 0.2) is 0 Å². The van der Waals surface area contributed by atoms with Crippen molar-refractivity contribution in [3.05, 3.63) is 29.8 Å². The Labute approximate surface area is 91.2 Å². The molecule has 1 saturated carbocycles. The number of benzene rings is 1. The Bertz CT molecular complexity index is 421. The van der Waals surface area contributed by atoms with Crippen molar-refractivity contribution in [1.29, 1.82) is 0 Å². The number of hydrogen-bond acceptors (Lipinski definition) is 1. The monoisotopic (exact) mass is 226 g/mol. The van der Waals surface area contributed by atoms with Gasteiger partial charge in [0.05, 0.1) is 5.41 Å². The summed E-state index contributed by atoms with van der Waals surface area (Å²) in [5, 5.41) is 0. The van der Waals surface area contributed by atoms with Gasteiger partial charge >= 0.3 is 6.36 Å². The van der Waals surface area contributed by atoms with E-state index >= 15 is 0 Å². The summed E-state index contributed by atoms with van der Waals surface area (Å²) >= 11 is 0. The summed E-state index contributed by atoms with van der Waals surface area (Å²) in [5.41, 5.74) is 0.626. The van der Waals surface area contributed by atoms with Gasteiger partial charge in [0.25, 0.3) is 0 Å². The second-order valence-electron chi connectivity index (χ2n) is 3.80. The van der Waals surface area contributed by atoms with Gasteiger partial charge in [-0.3, -0.25) is 0 Å². The molecule has 0 bridgehead atoms. The average Bonchev–Trinajstić information content (AvgIpc) is 2.97. The molecule has 0 aliphatic heterocycles. The molecule has 1 fully saturated rings. The van der Waals surface area contributed by atoms with Gasteiger partial charge in [0, 0.05) is 0 Å². The van der Waals surface area contributed by atoms with E-state index in [1.54, 1.807) is 12.1 Å². The maximum absolute atomic E-state index is 11.9. The summed E-state index contributed by atoms with van der Waals surface area (Å²) in [6.07, 6.45) is 2.52. The van der Waals surface area contributed by atoms with Crippen molar-refractivity contribution in [3.63, 3.8) is 0 Å². The van der Waals surface area contributed by atoms with Gasteiger partial charge in [0.1, 0.15) is 5.75 Å². The standard InChI is InChI=1S/C12H9F3O/c1-2-11(7-8-11)9-3-5-10(6-4-9)16-12(13,14)15/h1,3-6H,7-8H2. The summed E-state index contributed by atoms with van der Waals surface area (Å²) in [5.74, 6) is 2.45. The molecule has 4 heteroatoms. The Morgan fingerprint density at radius 2 is 1.75 bits per heavy atom. The molecule has 0 saturated heterocycles. The van der Waals surface area contributed by atoms with E-state index in [4.69, 9.17) is 6.42 Å². The maximum atomic E-state index is 11.9. The van der Waals surface area contributed by atoms with Crippen LogP contribution in [0.15, 0.2) is 24.3 Å². The van der Waals surface area contributed by atoms with Crippen molar-refractivity contribution in [2.75, 3.05) is 0 Å². The summed E-state index contributed by atoms with van der Waals surface area (Å²) in [6.45, 7) is 0. The van der Waals surface area contributed by atoms with Gasteiger partial charge in [-0.05, 0) is 30.5 Å². The lowest BCUT2D eigenvalue weighted by molar-refractivity contribution is -0.274. The first-order chi connectivity index (χ1) is 7.45. The Hall–Kier alpha value is -1.63. The van der Waals surface area contributed by atoms with Crippen LogP contribution in [0.4, 0.5) is 13.2 Å². The maximum Gasteiger partial charge on any atom is 0.573 e. The van der Waals surface area contributed by atoms with Gasteiger partial charge in [-0.1, -0.05) is 18.1 Å². The van der Waals surface area contributed by atoms with Crippen LogP contribution in [0.3, 0.4) is 0 Å². The first kappa shape index (κ1) is 10.9. The van der Waals surface area contributed by atoms with Crippen LogP contribution < -0.4 is 4.74 Å². The van der Waals surface area contributed by atoms with Crippen molar-refractivity contribution >= 4 is 0 Å². The average molecular weight is 226 g/mol. The lowest BCUT2D eigenvalue weighted by Gasteiger charge is -2.11. The zero-order valence-corrected chi connectivity index (χ0v) is 8.34. The van der Waals surface area contributed by atoms with Crippen LogP contribution in [0.5, 0.6) is 5.75 Å². The van der Waals surface area contributed by atoms with E-state index in [0.29, 0.717) is 0 Å². The van der Waals surface area contributed by atoms with Gasteiger partial charge < -0.3 is 4.74 Å². The van der Waals surface area contributed by atoms with Gasteiger partial charge in [-0.2, -0.15) is 0 Å². The molecule has 0 spiro atoms. The van der Waals surface area contributed by atoms with Crippen molar-refractivity contribution in [1.82, 2.24) is 0 Å². The number of hydrogen-bond donors (Lipinski definition) is 0.